The molecular formula is C21H20F4N4O4. The lowest BCUT2D eigenvalue weighted by Crippen LogP contribution is -2.49. The topological polar surface area (TPSA) is 86.2 Å². The molecule has 33 heavy (non-hydrogen) atoms. The van der Waals surface area contributed by atoms with Gasteiger partial charge in [-0.3, -0.25) is 9.69 Å². The van der Waals surface area contributed by atoms with Crippen LogP contribution in [-0.2, 0) is 10.9 Å². The third kappa shape index (κ3) is 4.30. The zero-order valence-corrected chi connectivity index (χ0v) is 17.4. The molecule has 0 bridgehead atoms. The summed E-state index contributed by atoms with van der Waals surface area (Å²) in [5.41, 5.74) is -1.84. The number of cyclic esters (lactones) is 1. The molecule has 1 aromatic carbocycles. The average molecular weight is 468 g/mol. The molecule has 4 rings (SSSR count). The van der Waals surface area contributed by atoms with E-state index in [1.54, 1.807) is 19.1 Å². The molecule has 0 aliphatic carbocycles. The number of aliphatic hydroxyl groups excluding tert-OH is 1. The van der Waals surface area contributed by atoms with Gasteiger partial charge >= 0.3 is 12.3 Å². The SMILES string of the molecule is CC1[C@H](O)OC(=O)N1c1ccc(N2CCN(C(=O)c3c(F)cccc3C(F)(F)F)CC2)nc1. The average Bonchev–Trinajstić information content (AvgIpc) is 3.04. The van der Waals surface area contributed by atoms with E-state index >= 15 is 0 Å². The third-order valence-electron chi connectivity index (χ3n) is 5.67. The van der Waals surface area contributed by atoms with Crippen LogP contribution in [0.5, 0.6) is 0 Å². The highest BCUT2D eigenvalue weighted by atomic mass is 19.4. The second kappa shape index (κ2) is 8.50. The molecule has 2 aliphatic heterocycles. The molecule has 8 nitrogen and oxygen atoms in total. The Morgan fingerprint density at radius 3 is 2.39 bits per heavy atom. The van der Waals surface area contributed by atoms with Gasteiger partial charge in [-0.2, -0.15) is 13.2 Å². The minimum atomic E-state index is -4.85. The molecule has 2 aromatic rings. The molecule has 0 saturated carbocycles. The van der Waals surface area contributed by atoms with E-state index in [1.807, 2.05) is 4.90 Å². The van der Waals surface area contributed by atoms with E-state index in [1.165, 1.54) is 16.0 Å². The van der Waals surface area contributed by atoms with Crippen LogP contribution in [0.25, 0.3) is 0 Å². The highest BCUT2D eigenvalue weighted by Gasteiger charge is 2.40. The molecule has 176 valence electrons. The molecule has 2 fully saturated rings. The molecule has 2 aliphatic rings. The fourth-order valence-corrected chi connectivity index (χ4v) is 3.88. The number of nitrogens with zero attached hydrogens (tertiary/aromatic N) is 4. The number of carbonyl (C=O) groups is 2. The number of rotatable bonds is 3. The van der Waals surface area contributed by atoms with Crippen LogP contribution in [-0.4, -0.2) is 65.5 Å². The molecule has 1 aromatic heterocycles. The molecule has 2 amide bonds. The zero-order chi connectivity index (χ0) is 23.9. The standard InChI is InChI=1S/C21H20F4N4O4/c1-12-19(31)33-20(32)29(12)13-5-6-16(26-11-13)27-7-9-28(10-8-27)18(30)17-14(21(23,24)25)3-2-4-15(17)22/h2-6,11-12,19,31H,7-10H2,1H3/t12?,19-/m1/s1. The molecule has 1 N–H and O–H groups in total. The lowest BCUT2D eigenvalue weighted by Gasteiger charge is -2.36. The van der Waals surface area contributed by atoms with Crippen molar-refractivity contribution in [2.75, 3.05) is 36.0 Å². The van der Waals surface area contributed by atoms with Crippen LogP contribution in [0.2, 0.25) is 0 Å². The summed E-state index contributed by atoms with van der Waals surface area (Å²) in [6.07, 6.45) is -5.34. The second-order valence-corrected chi connectivity index (χ2v) is 7.70. The fraction of sp³-hybridized carbons (Fsp3) is 0.381. The second-order valence-electron chi connectivity index (χ2n) is 7.70. The van der Waals surface area contributed by atoms with Crippen LogP contribution < -0.4 is 9.80 Å². The summed E-state index contributed by atoms with van der Waals surface area (Å²) >= 11 is 0. The quantitative estimate of drug-likeness (QED) is 0.698. The number of carbonyl (C=O) groups excluding carboxylic acids is 2. The normalized spacial score (nSPS) is 21.4. The molecule has 2 atom stereocenters. The number of hydrogen-bond donors (Lipinski definition) is 1. The van der Waals surface area contributed by atoms with Crippen LogP contribution >= 0.6 is 0 Å². The molecule has 2 saturated heterocycles. The summed E-state index contributed by atoms with van der Waals surface area (Å²) in [7, 11) is 0. The number of halogens is 4. The van der Waals surface area contributed by atoms with E-state index in [2.05, 4.69) is 4.98 Å². The van der Waals surface area contributed by atoms with Crippen molar-refractivity contribution < 1.29 is 37.0 Å². The molecule has 0 radical (unpaired) electrons. The van der Waals surface area contributed by atoms with Crippen LogP contribution in [0.4, 0.5) is 33.9 Å². The summed E-state index contributed by atoms with van der Waals surface area (Å²) in [4.78, 5) is 33.2. The maximum Gasteiger partial charge on any atom is 0.417 e. The minimum absolute atomic E-state index is 0.0789. The highest BCUT2D eigenvalue weighted by Crippen LogP contribution is 2.34. The highest BCUT2D eigenvalue weighted by molar-refractivity contribution is 5.96. The van der Waals surface area contributed by atoms with Gasteiger partial charge in [0.15, 0.2) is 0 Å². The maximum atomic E-state index is 14.2. The Labute approximate surface area is 186 Å². The Kier molecular flexibility index (Phi) is 5.87. The monoisotopic (exact) mass is 468 g/mol. The number of benzene rings is 1. The molecular weight excluding hydrogens is 448 g/mol. The predicted octanol–water partition coefficient (Wildman–Crippen LogP) is 2.87. The van der Waals surface area contributed by atoms with E-state index in [0.717, 1.165) is 12.1 Å². The predicted molar refractivity (Wildman–Crippen MR) is 108 cm³/mol. The van der Waals surface area contributed by atoms with Crippen molar-refractivity contribution in [3.63, 3.8) is 0 Å². The Bertz CT molecular complexity index is 1060. The van der Waals surface area contributed by atoms with E-state index in [0.29, 0.717) is 17.6 Å². The van der Waals surface area contributed by atoms with E-state index in [-0.39, 0.29) is 26.2 Å². The van der Waals surface area contributed by atoms with Crippen LogP contribution in [0.3, 0.4) is 0 Å². The molecule has 0 spiro atoms. The lowest BCUT2D eigenvalue weighted by atomic mass is 10.0. The smallest absolute Gasteiger partial charge is 0.417 e. The Morgan fingerprint density at radius 2 is 1.85 bits per heavy atom. The number of hydrogen-bond acceptors (Lipinski definition) is 6. The number of pyridine rings is 1. The van der Waals surface area contributed by atoms with Gasteiger partial charge in [-0.1, -0.05) is 6.07 Å². The van der Waals surface area contributed by atoms with Gasteiger partial charge in [0.05, 0.1) is 29.1 Å². The van der Waals surface area contributed by atoms with Gasteiger partial charge in [0.1, 0.15) is 11.6 Å². The number of aromatic nitrogens is 1. The van der Waals surface area contributed by atoms with Crippen molar-refractivity contribution in [2.24, 2.45) is 0 Å². The third-order valence-corrected chi connectivity index (χ3v) is 5.67. The number of alkyl halides is 3. The van der Waals surface area contributed by atoms with Crippen molar-refractivity contribution in [2.45, 2.75) is 25.4 Å². The van der Waals surface area contributed by atoms with Gasteiger partial charge in [0.25, 0.3) is 5.91 Å². The van der Waals surface area contributed by atoms with Crippen LogP contribution in [0, 0.1) is 5.82 Å². The van der Waals surface area contributed by atoms with Gasteiger partial charge in [0.2, 0.25) is 6.29 Å². The molecule has 1 unspecified atom stereocenters. The van der Waals surface area contributed by atoms with Crippen molar-refractivity contribution in [1.82, 2.24) is 9.88 Å². The largest absolute Gasteiger partial charge is 0.417 e. The first-order valence-corrected chi connectivity index (χ1v) is 10.1. The number of aliphatic hydroxyl groups is 1. The number of anilines is 2. The first-order chi connectivity index (χ1) is 15.6. The lowest BCUT2D eigenvalue weighted by molar-refractivity contribution is -0.138. The fourth-order valence-electron chi connectivity index (χ4n) is 3.88. The maximum absolute atomic E-state index is 14.2. The minimum Gasteiger partial charge on any atom is -0.417 e. The summed E-state index contributed by atoms with van der Waals surface area (Å²) in [6.45, 7) is 2.33. The Morgan fingerprint density at radius 1 is 1.15 bits per heavy atom. The van der Waals surface area contributed by atoms with E-state index < -0.39 is 47.5 Å². The van der Waals surface area contributed by atoms with E-state index in [4.69, 9.17) is 4.74 Å². The first kappa shape index (κ1) is 22.8. The van der Waals surface area contributed by atoms with Crippen molar-refractivity contribution in [3.05, 3.63) is 53.5 Å². The van der Waals surface area contributed by atoms with Crippen LogP contribution in [0.1, 0.15) is 22.8 Å². The summed E-state index contributed by atoms with van der Waals surface area (Å²) < 4.78 is 58.7. The Hall–Kier alpha value is -3.41. The van der Waals surface area contributed by atoms with Gasteiger partial charge in [-0.15, -0.1) is 0 Å². The number of ether oxygens (including phenoxy) is 1. The first-order valence-electron chi connectivity index (χ1n) is 10.1. The van der Waals surface area contributed by atoms with Crippen molar-refractivity contribution >= 4 is 23.5 Å². The molecule has 12 heteroatoms. The Balaban J connectivity index is 1.44. The van der Waals surface area contributed by atoms with Gasteiger partial charge in [-0.25, -0.2) is 14.2 Å². The van der Waals surface area contributed by atoms with E-state index in [9.17, 15) is 32.3 Å². The van der Waals surface area contributed by atoms with Crippen molar-refractivity contribution in [3.8, 4) is 0 Å². The zero-order valence-electron chi connectivity index (χ0n) is 17.4. The van der Waals surface area contributed by atoms with Crippen LogP contribution in [0.15, 0.2) is 36.5 Å². The van der Waals surface area contributed by atoms with Gasteiger partial charge in [0, 0.05) is 26.2 Å². The number of piperazine rings is 1. The van der Waals surface area contributed by atoms with Gasteiger partial charge in [-0.05, 0) is 31.2 Å². The molecule has 3 heterocycles. The summed E-state index contributed by atoms with van der Waals surface area (Å²) in [5.74, 6) is -1.69. The summed E-state index contributed by atoms with van der Waals surface area (Å²) in [6, 6.07) is 5.14. The van der Waals surface area contributed by atoms with Crippen molar-refractivity contribution in [1.29, 1.82) is 0 Å². The van der Waals surface area contributed by atoms with Gasteiger partial charge < -0.3 is 19.6 Å². The number of amides is 2. The summed E-state index contributed by atoms with van der Waals surface area (Å²) in [5, 5.41) is 9.66.